The van der Waals surface area contributed by atoms with Gasteiger partial charge in [-0.25, -0.2) is 0 Å². The van der Waals surface area contributed by atoms with Crippen molar-refractivity contribution in [3.63, 3.8) is 0 Å². The molecule has 2 fully saturated rings. The van der Waals surface area contributed by atoms with E-state index in [0.29, 0.717) is 5.92 Å². The Balaban J connectivity index is 1.75. The smallest absolute Gasteiger partial charge is 0.0858 e. The normalized spacial score (nSPS) is 27.6. The van der Waals surface area contributed by atoms with E-state index in [-0.39, 0.29) is 12.2 Å². The highest BCUT2D eigenvalue weighted by atomic mass is 16.5. The molecule has 88 valence electrons. The van der Waals surface area contributed by atoms with Gasteiger partial charge in [-0.2, -0.15) is 0 Å². The first-order valence-electron chi connectivity index (χ1n) is 6.52. The molecule has 0 aromatic rings. The van der Waals surface area contributed by atoms with Gasteiger partial charge in [0.25, 0.3) is 0 Å². The summed E-state index contributed by atoms with van der Waals surface area (Å²) in [6.07, 6.45) is 10.1. The number of hydrogen-bond donors (Lipinski definition) is 1. The summed E-state index contributed by atoms with van der Waals surface area (Å²) < 4.78 is 5.43. The highest BCUT2D eigenvalue weighted by molar-refractivity contribution is 4.87. The minimum absolute atomic E-state index is 0.118. The third-order valence-corrected chi connectivity index (χ3v) is 4.04. The van der Waals surface area contributed by atoms with E-state index in [2.05, 4.69) is 0 Å². The Morgan fingerprint density at radius 1 is 1.13 bits per heavy atom. The lowest BCUT2D eigenvalue weighted by Crippen LogP contribution is -2.32. The molecule has 2 saturated carbocycles. The molecule has 2 nitrogen and oxygen atoms in total. The van der Waals surface area contributed by atoms with Crippen LogP contribution >= 0.6 is 0 Å². The molecule has 2 atom stereocenters. The number of ether oxygens (including phenoxy) is 1. The van der Waals surface area contributed by atoms with Gasteiger partial charge in [-0.15, -0.1) is 0 Å². The van der Waals surface area contributed by atoms with Crippen LogP contribution in [0.5, 0.6) is 0 Å². The molecule has 1 N–H and O–H groups in total. The number of methoxy groups -OCH3 is 1. The molecule has 0 aromatic heterocycles. The summed E-state index contributed by atoms with van der Waals surface area (Å²) in [5.41, 5.74) is 0. The van der Waals surface area contributed by atoms with Gasteiger partial charge in [-0.1, -0.05) is 32.1 Å². The second kappa shape index (κ2) is 5.31. The lowest BCUT2D eigenvalue weighted by Gasteiger charge is -2.28. The summed E-state index contributed by atoms with van der Waals surface area (Å²) in [4.78, 5) is 0. The van der Waals surface area contributed by atoms with Crippen LogP contribution in [0.4, 0.5) is 0 Å². The van der Waals surface area contributed by atoms with Crippen LogP contribution in [0.2, 0.25) is 0 Å². The van der Waals surface area contributed by atoms with Crippen LogP contribution < -0.4 is 0 Å². The molecule has 2 unspecified atom stereocenters. The van der Waals surface area contributed by atoms with E-state index in [1.54, 1.807) is 7.11 Å². The van der Waals surface area contributed by atoms with E-state index >= 15 is 0 Å². The van der Waals surface area contributed by atoms with E-state index in [0.717, 1.165) is 12.3 Å². The summed E-state index contributed by atoms with van der Waals surface area (Å²) in [6, 6.07) is 0. The number of aliphatic hydroxyl groups excluding tert-OH is 1. The van der Waals surface area contributed by atoms with Crippen molar-refractivity contribution < 1.29 is 9.84 Å². The van der Waals surface area contributed by atoms with Crippen molar-refractivity contribution in [2.24, 2.45) is 11.8 Å². The molecule has 0 radical (unpaired) electrons. The average molecular weight is 212 g/mol. The van der Waals surface area contributed by atoms with Crippen molar-refractivity contribution in [1.82, 2.24) is 0 Å². The van der Waals surface area contributed by atoms with Gasteiger partial charge in [0, 0.05) is 7.11 Å². The largest absolute Gasteiger partial charge is 0.390 e. The summed E-state index contributed by atoms with van der Waals surface area (Å²) in [7, 11) is 1.74. The van der Waals surface area contributed by atoms with Gasteiger partial charge >= 0.3 is 0 Å². The molecule has 0 aromatic carbocycles. The molecule has 2 aliphatic rings. The highest BCUT2D eigenvalue weighted by Crippen LogP contribution is 2.38. The lowest BCUT2D eigenvalue weighted by molar-refractivity contribution is -0.0368. The van der Waals surface area contributed by atoms with Crippen molar-refractivity contribution in [3.8, 4) is 0 Å². The summed E-state index contributed by atoms with van der Waals surface area (Å²) >= 11 is 0. The third-order valence-electron chi connectivity index (χ3n) is 4.04. The van der Waals surface area contributed by atoms with Crippen LogP contribution in [-0.2, 0) is 4.74 Å². The lowest BCUT2D eigenvalue weighted by atomic mass is 9.84. The fourth-order valence-corrected chi connectivity index (χ4v) is 2.99. The number of rotatable bonds is 5. The zero-order valence-corrected chi connectivity index (χ0v) is 9.82. The average Bonchev–Trinajstić information content (AvgIpc) is 3.04. The summed E-state index contributed by atoms with van der Waals surface area (Å²) in [5.74, 6) is 1.40. The van der Waals surface area contributed by atoms with Crippen LogP contribution in [-0.4, -0.2) is 24.4 Å². The van der Waals surface area contributed by atoms with Crippen molar-refractivity contribution in [2.45, 2.75) is 63.6 Å². The predicted molar refractivity (Wildman–Crippen MR) is 60.7 cm³/mol. The molecular weight excluding hydrogens is 188 g/mol. The number of aliphatic hydroxyl groups is 1. The Kier molecular flexibility index (Phi) is 4.04. The topological polar surface area (TPSA) is 29.5 Å². The van der Waals surface area contributed by atoms with E-state index in [4.69, 9.17) is 4.74 Å². The molecule has 0 bridgehead atoms. The molecule has 15 heavy (non-hydrogen) atoms. The monoisotopic (exact) mass is 212 g/mol. The second-order valence-corrected chi connectivity index (χ2v) is 5.34. The third kappa shape index (κ3) is 3.18. The van der Waals surface area contributed by atoms with E-state index in [1.165, 1.54) is 44.9 Å². The van der Waals surface area contributed by atoms with E-state index in [1.807, 2.05) is 0 Å². The Morgan fingerprint density at radius 2 is 1.80 bits per heavy atom. The van der Waals surface area contributed by atoms with E-state index < -0.39 is 0 Å². The van der Waals surface area contributed by atoms with Crippen molar-refractivity contribution in [2.75, 3.05) is 7.11 Å². The van der Waals surface area contributed by atoms with Crippen LogP contribution in [0.15, 0.2) is 0 Å². The maximum atomic E-state index is 10.1. The first kappa shape index (κ1) is 11.4. The predicted octanol–water partition coefficient (Wildman–Crippen LogP) is 2.74. The van der Waals surface area contributed by atoms with Gasteiger partial charge in [-0.05, 0) is 31.1 Å². The standard InChI is InChI=1S/C13H24O2/c1-15-13(11-7-8-11)12(14)9-10-5-3-2-4-6-10/h10-14H,2-9H2,1H3. The number of hydrogen-bond acceptors (Lipinski definition) is 2. The van der Waals surface area contributed by atoms with Gasteiger partial charge in [0.1, 0.15) is 0 Å². The van der Waals surface area contributed by atoms with Crippen LogP contribution in [0.25, 0.3) is 0 Å². The Morgan fingerprint density at radius 3 is 2.33 bits per heavy atom. The molecular formula is C13H24O2. The molecule has 0 amide bonds. The fraction of sp³-hybridized carbons (Fsp3) is 1.00. The molecule has 0 aliphatic heterocycles. The molecule has 2 heteroatoms. The summed E-state index contributed by atoms with van der Waals surface area (Å²) in [5, 5.41) is 10.1. The molecule has 0 heterocycles. The molecule has 2 aliphatic carbocycles. The fourth-order valence-electron chi connectivity index (χ4n) is 2.99. The van der Waals surface area contributed by atoms with Crippen LogP contribution in [0.1, 0.15) is 51.4 Å². The minimum Gasteiger partial charge on any atom is -0.390 e. The zero-order chi connectivity index (χ0) is 10.7. The highest BCUT2D eigenvalue weighted by Gasteiger charge is 2.36. The van der Waals surface area contributed by atoms with Crippen molar-refractivity contribution >= 4 is 0 Å². The van der Waals surface area contributed by atoms with Crippen LogP contribution in [0, 0.1) is 11.8 Å². The van der Waals surface area contributed by atoms with Gasteiger partial charge in [0.2, 0.25) is 0 Å². The molecule has 2 rings (SSSR count). The molecule has 0 spiro atoms. The van der Waals surface area contributed by atoms with Gasteiger partial charge in [0.15, 0.2) is 0 Å². The van der Waals surface area contributed by atoms with Gasteiger partial charge < -0.3 is 9.84 Å². The maximum Gasteiger partial charge on any atom is 0.0858 e. The quantitative estimate of drug-likeness (QED) is 0.759. The van der Waals surface area contributed by atoms with Gasteiger partial charge in [0.05, 0.1) is 12.2 Å². The first-order valence-corrected chi connectivity index (χ1v) is 6.52. The molecule has 0 saturated heterocycles. The Bertz CT molecular complexity index is 183. The first-order chi connectivity index (χ1) is 7.31. The second-order valence-electron chi connectivity index (χ2n) is 5.34. The Labute approximate surface area is 93.0 Å². The Hall–Kier alpha value is -0.0800. The van der Waals surface area contributed by atoms with Crippen LogP contribution in [0.3, 0.4) is 0 Å². The zero-order valence-electron chi connectivity index (χ0n) is 9.82. The van der Waals surface area contributed by atoms with E-state index in [9.17, 15) is 5.11 Å². The van der Waals surface area contributed by atoms with Crippen molar-refractivity contribution in [3.05, 3.63) is 0 Å². The minimum atomic E-state index is -0.217. The summed E-state index contributed by atoms with van der Waals surface area (Å²) in [6.45, 7) is 0. The van der Waals surface area contributed by atoms with Crippen molar-refractivity contribution in [1.29, 1.82) is 0 Å². The van der Waals surface area contributed by atoms with Gasteiger partial charge in [-0.3, -0.25) is 0 Å². The SMILES string of the molecule is COC(C(O)CC1CCCCC1)C1CC1. The maximum absolute atomic E-state index is 10.1.